The van der Waals surface area contributed by atoms with E-state index >= 15 is 0 Å². The second kappa shape index (κ2) is 6.08. The molecule has 16 heavy (non-hydrogen) atoms. The Balaban J connectivity index is 2.71. The SMILES string of the molecule is COC(=O)CC(=O)/C(Cl)=C/c1ccccc1. The number of carbonyl (C=O) groups is 2. The lowest BCUT2D eigenvalue weighted by atomic mass is 10.2. The van der Waals surface area contributed by atoms with Crippen molar-refractivity contribution in [2.45, 2.75) is 6.42 Å². The van der Waals surface area contributed by atoms with Crippen LogP contribution in [0.4, 0.5) is 0 Å². The molecule has 1 aromatic rings. The summed E-state index contributed by atoms with van der Waals surface area (Å²) in [5.74, 6) is -1.04. The monoisotopic (exact) mass is 238 g/mol. The summed E-state index contributed by atoms with van der Waals surface area (Å²) in [7, 11) is 1.23. The van der Waals surface area contributed by atoms with Crippen molar-refractivity contribution >= 4 is 29.4 Å². The molecule has 0 aromatic heterocycles. The molecule has 0 amide bonds. The van der Waals surface area contributed by atoms with Crippen molar-refractivity contribution in [3.8, 4) is 0 Å². The third-order valence-electron chi connectivity index (χ3n) is 1.89. The molecule has 0 saturated carbocycles. The third kappa shape index (κ3) is 3.87. The molecule has 0 aliphatic carbocycles. The van der Waals surface area contributed by atoms with Crippen molar-refractivity contribution in [2.24, 2.45) is 0 Å². The Morgan fingerprint density at radius 3 is 2.50 bits per heavy atom. The van der Waals surface area contributed by atoms with Crippen molar-refractivity contribution in [2.75, 3.05) is 7.11 Å². The second-order valence-corrected chi connectivity index (χ2v) is 3.49. The van der Waals surface area contributed by atoms with E-state index in [1.165, 1.54) is 13.2 Å². The fourth-order valence-corrected chi connectivity index (χ4v) is 1.26. The van der Waals surface area contributed by atoms with E-state index in [4.69, 9.17) is 11.6 Å². The first-order chi connectivity index (χ1) is 7.63. The molecule has 0 heterocycles. The summed E-state index contributed by atoms with van der Waals surface area (Å²) in [6.07, 6.45) is 1.19. The largest absolute Gasteiger partial charge is 0.469 e. The zero-order chi connectivity index (χ0) is 12.0. The summed E-state index contributed by atoms with van der Waals surface area (Å²) < 4.78 is 4.38. The normalized spacial score (nSPS) is 11.0. The van der Waals surface area contributed by atoms with Gasteiger partial charge in [0.1, 0.15) is 6.42 Å². The van der Waals surface area contributed by atoms with Gasteiger partial charge in [0.05, 0.1) is 12.1 Å². The van der Waals surface area contributed by atoms with E-state index in [-0.39, 0.29) is 11.5 Å². The van der Waals surface area contributed by atoms with Gasteiger partial charge in [0.15, 0.2) is 5.78 Å². The van der Waals surface area contributed by atoms with Gasteiger partial charge in [0.25, 0.3) is 0 Å². The van der Waals surface area contributed by atoms with Crippen LogP contribution in [0.15, 0.2) is 35.4 Å². The molecule has 0 saturated heterocycles. The summed E-state index contributed by atoms with van der Waals surface area (Å²) in [5.41, 5.74) is 0.811. The van der Waals surface area contributed by atoms with Gasteiger partial charge < -0.3 is 4.74 Å². The molecular formula is C12H11ClO3. The maximum atomic E-state index is 11.4. The van der Waals surface area contributed by atoms with Crippen LogP contribution in [-0.2, 0) is 14.3 Å². The van der Waals surface area contributed by atoms with Crippen LogP contribution in [0.3, 0.4) is 0 Å². The Hall–Kier alpha value is -1.61. The zero-order valence-corrected chi connectivity index (χ0v) is 9.53. The summed E-state index contributed by atoms with van der Waals surface area (Å²) in [6.45, 7) is 0. The zero-order valence-electron chi connectivity index (χ0n) is 8.77. The molecule has 84 valence electrons. The van der Waals surface area contributed by atoms with Gasteiger partial charge in [0.2, 0.25) is 0 Å². The maximum absolute atomic E-state index is 11.4. The van der Waals surface area contributed by atoms with Crippen LogP contribution in [0.5, 0.6) is 0 Å². The molecule has 0 bridgehead atoms. The van der Waals surface area contributed by atoms with Gasteiger partial charge in [-0.05, 0) is 11.6 Å². The Labute approximate surface area is 98.7 Å². The lowest BCUT2D eigenvalue weighted by Crippen LogP contribution is -2.09. The maximum Gasteiger partial charge on any atom is 0.313 e. The topological polar surface area (TPSA) is 43.4 Å². The molecule has 0 aliphatic heterocycles. The number of halogens is 1. The van der Waals surface area contributed by atoms with Crippen molar-refractivity contribution < 1.29 is 14.3 Å². The highest BCUT2D eigenvalue weighted by Crippen LogP contribution is 2.12. The highest BCUT2D eigenvalue weighted by atomic mass is 35.5. The Morgan fingerprint density at radius 2 is 1.94 bits per heavy atom. The first kappa shape index (κ1) is 12.5. The first-order valence-electron chi connectivity index (χ1n) is 4.65. The molecule has 0 atom stereocenters. The van der Waals surface area contributed by atoms with Crippen molar-refractivity contribution in [3.63, 3.8) is 0 Å². The molecule has 0 N–H and O–H groups in total. The lowest BCUT2D eigenvalue weighted by molar-refractivity contribution is -0.142. The highest BCUT2D eigenvalue weighted by Gasteiger charge is 2.12. The number of hydrogen-bond donors (Lipinski definition) is 0. The average Bonchev–Trinajstić information content (AvgIpc) is 2.30. The van der Waals surface area contributed by atoms with Crippen LogP contribution in [0.25, 0.3) is 6.08 Å². The van der Waals surface area contributed by atoms with Crippen LogP contribution in [0.2, 0.25) is 0 Å². The predicted octanol–water partition coefficient (Wildman–Crippen LogP) is 2.40. The Bertz CT molecular complexity index is 410. The summed E-state index contributed by atoms with van der Waals surface area (Å²) in [4.78, 5) is 22.3. The van der Waals surface area contributed by atoms with Gasteiger partial charge in [-0.25, -0.2) is 0 Å². The molecule has 0 spiro atoms. The van der Waals surface area contributed by atoms with E-state index in [1.807, 2.05) is 30.3 Å². The molecule has 0 fully saturated rings. The van der Waals surface area contributed by atoms with Crippen LogP contribution in [-0.4, -0.2) is 18.9 Å². The quantitative estimate of drug-likeness (QED) is 0.460. The van der Waals surface area contributed by atoms with Gasteiger partial charge in [-0.1, -0.05) is 41.9 Å². The number of carbonyl (C=O) groups excluding carboxylic acids is 2. The summed E-state index contributed by atoms with van der Waals surface area (Å²) in [5, 5.41) is 0.0246. The fraction of sp³-hybridized carbons (Fsp3) is 0.167. The number of ketones is 1. The van der Waals surface area contributed by atoms with E-state index in [9.17, 15) is 9.59 Å². The number of allylic oxidation sites excluding steroid dienone is 1. The first-order valence-corrected chi connectivity index (χ1v) is 5.03. The van der Waals surface area contributed by atoms with E-state index in [0.29, 0.717) is 0 Å². The smallest absolute Gasteiger partial charge is 0.313 e. The Kier molecular flexibility index (Phi) is 4.73. The lowest BCUT2D eigenvalue weighted by Gasteiger charge is -1.98. The standard InChI is InChI=1S/C12H11ClO3/c1-16-12(15)8-11(14)10(13)7-9-5-3-2-4-6-9/h2-7H,8H2,1H3/b10-7-. The van der Waals surface area contributed by atoms with Crippen molar-refractivity contribution in [1.29, 1.82) is 0 Å². The molecule has 1 rings (SSSR count). The van der Waals surface area contributed by atoms with E-state index < -0.39 is 11.8 Å². The molecule has 0 unspecified atom stereocenters. The fourth-order valence-electron chi connectivity index (χ4n) is 1.06. The van der Waals surface area contributed by atoms with Gasteiger partial charge in [-0.2, -0.15) is 0 Å². The minimum atomic E-state index is -0.593. The summed E-state index contributed by atoms with van der Waals surface area (Å²) >= 11 is 5.77. The second-order valence-electron chi connectivity index (χ2n) is 3.08. The van der Waals surface area contributed by atoms with E-state index in [2.05, 4.69) is 4.74 Å². The van der Waals surface area contributed by atoms with Crippen LogP contribution < -0.4 is 0 Å². The number of rotatable bonds is 4. The van der Waals surface area contributed by atoms with E-state index in [0.717, 1.165) is 5.56 Å². The van der Waals surface area contributed by atoms with Crippen LogP contribution in [0.1, 0.15) is 12.0 Å². The molecule has 0 radical (unpaired) electrons. The number of methoxy groups -OCH3 is 1. The minimum Gasteiger partial charge on any atom is -0.469 e. The molecule has 1 aromatic carbocycles. The molecule has 3 nitrogen and oxygen atoms in total. The molecular weight excluding hydrogens is 228 g/mol. The molecule has 0 aliphatic rings. The number of Topliss-reactive ketones (excluding diaryl/α,β-unsaturated/α-hetero) is 1. The Morgan fingerprint density at radius 1 is 1.31 bits per heavy atom. The predicted molar refractivity (Wildman–Crippen MR) is 61.9 cm³/mol. The van der Waals surface area contributed by atoms with Gasteiger partial charge in [-0.15, -0.1) is 0 Å². The van der Waals surface area contributed by atoms with Crippen LogP contribution in [0, 0.1) is 0 Å². The minimum absolute atomic E-state index is 0.0246. The van der Waals surface area contributed by atoms with Crippen LogP contribution >= 0.6 is 11.6 Å². The van der Waals surface area contributed by atoms with E-state index in [1.54, 1.807) is 0 Å². The van der Waals surface area contributed by atoms with Gasteiger partial charge in [-0.3, -0.25) is 9.59 Å². The highest BCUT2D eigenvalue weighted by molar-refractivity contribution is 6.45. The van der Waals surface area contributed by atoms with Crippen molar-refractivity contribution in [3.05, 3.63) is 40.9 Å². The van der Waals surface area contributed by atoms with Gasteiger partial charge in [0, 0.05) is 0 Å². The third-order valence-corrected chi connectivity index (χ3v) is 2.21. The average molecular weight is 239 g/mol. The number of hydrogen-bond acceptors (Lipinski definition) is 3. The van der Waals surface area contributed by atoms with Gasteiger partial charge >= 0.3 is 5.97 Å². The molecule has 4 heteroatoms. The van der Waals surface area contributed by atoms with Crippen molar-refractivity contribution in [1.82, 2.24) is 0 Å². The number of benzene rings is 1. The number of esters is 1. The number of ether oxygens (including phenoxy) is 1. The summed E-state index contributed by atoms with van der Waals surface area (Å²) in [6, 6.07) is 9.16.